The lowest BCUT2D eigenvalue weighted by Gasteiger charge is -2.12. The Hall–Kier alpha value is -2.69. The summed E-state index contributed by atoms with van der Waals surface area (Å²) in [6.07, 6.45) is -0.0727. The summed E-state index contributed by atoms with van der Waals surface area (Å²) >= 11 is 14.2. The number of hydrogen-bond donors (Lipinski definition) is 4. The first-order chi connectivity index (χ1) is 14.3. The first-order valence-corrected chi connectivity index (χ1v) is 10.2. The quantitative estimate of drug-likeness (QED) is 0.335. The number of rotatable bonds is 7. The van der Waals surface area contributed by atoms with Crippen LogP contribution in [-0.2, 0) is 14.4 Å². The van der Waals surface area contributed by atoms with Gasteiger partial charge in [0.15, 0.2) is 11.7 Å². The van der Waals surface area contributed by atoms with Crippen LogP contribution in [-0.4, -0.2) is 29.4 Å². The van der Waals surface area contributed by atoms with Crippen molar-refractivity contribution in [2.75, 3.05) is 11.9 Å². The number of anilines is 1. The number of halogens is 2. The highest BCUT2D eigenvalue weighted by Gasteiger charge is 2.10. The average molecular weight is 514 g/mol. The Morgan fingerprint density at radius 1 is 0.967 bits per heavy atom. The summed E-state index contributed by atoms with van der Waals surface area (Å²) in [5.74, 6) is -0.956. The second-order valence-corrected chi connectivity index (χ2v) is 7.56. The summed E-state index contributed by atoms with van der Waals surface area (Å²) in [5, 5.41) is 5.25. The molecule has 0 aliphatic heterocycles. The van der Waals surface area contributed by atoms with E-state index in [-0.39, 0.29) is 30.5 Å². The average Bonchev–Trinajstić information content (AvgIpc) is 2.71. The predicted octanol–water partition coefficient (Wildman–Crippen LogP) is 2.92. The topological polar surface area (TPSA) is 109 Å². The number of para-hydroxylation sites is 1. The van der Waals surface area contributed by atoms with Crippen molar-refractivity contribution < 1.29 is 19.1 Å². The fourth-order valence-electron chi connectivity index (χ4n) is 2.09. The van der Waals surface area contributed by atoms with Gasteiger partial charge in [0.05, 0.1) is 5.02 Å². The predicted molar refractivity (Wildman–Crippen MR) is 121 cm³/mol. The van der Waals surface area contributed by atoms with Crippen molar-refractivity contribution in [2.24, 2.45) is 0 Å². The van der Waals surface area contributed by atoms with E-state index in [1.165, 1.54) is 0 Å². The van der Waals surface area contributed by atoms with Gasteiger partial charge in [0, 0.05) is 23.0 Å². The molecule has 0 atom stereocenters. The van der Waals surface area contributed by atoms with E-state index in [0.29, 0.717) is 16.5 Å². The Morgan fingerprint density at radius 2 is 1.67 bits per heavy atom. The molecule has 2 rings (SSSR count). The fraction of sp³-hybridized carbons (Fsp3) is 0.158. The molecule has 0 unspecified atom stereocenters. The summed E-state index contributed by atoms with van der Waals surface area (Å²) in [6, 6.07) is 13.9. The van der Waals surface area contributed by atoms with E-state index in [1.807, 2.05) is 6.07 Å². The molecule has 0 radical (unpaired) electrons. The summed E-state index contributed by atoms with van der Waals surface area (Å²) in [7, 11) is 0. The number of carbonyl (C=O) groups excluding carboxylic acids is 3. The van der Waals surface area contributed by atoms with E-state index in [9.17, 15) is 14.4 Å². The molecule has 8 nitrogen and oxygen atoms in total. The van der Waals surface area contributed by atoms with Crippen LogP contribution in [0.15, 0.2) is 53.0 Å². The minimum absolute atomic E-state index is 0.0106. The van der Waals surface area contributed by atoms with Crippen molar-refractivity contribution in [1.82, 2.24) is 16.2 Å². The van der Waals surface area contributed by atoms with E-state index in [2.05, 4.69) is 37.4 Å². The Bertz CT molecular complexity index is 930. The van der Waals surface area contributed by atoms with Crippen LogP contribution < -0.4 is 26.2 Å². The first-order valence-electron chi connectivity index (χ1n) is 8.65. The minimum atomic E-state index is -0.539. The van der Waals surface area contributed by atoms with E-state index in [4.69, 9.17) is 28.6 Å². The van der Waals surface area contributed by atoms with Crippen LogP contribution in [0.5, 0.6) is 5.75 Å². The van der Waals surface area contributed by atoms with Crippen LogP contribution in [0.25, 0.3) is 0 Å². The lowest BCUT2D eigenvalue weighted by atomic mass is 10.2. The molecular weight excluding hydrogens is 496 g/mol. The van der Waals surface area contributed by atoms with Crippen molar-refractivity contribution in [1.29, 1.82) is 0 Å². The molecule has 0 bridgehead atoms. The zero-order valence-corrected chi connectivity index (χ0v) is 18.7. The van der Waals surface area contributed by atoms with Gasteiger partial charge in [0.1, 0.15) is 5.75 Å². The number of hydrazine groups is 1. The lowest BCUT2D eigenvalue weighted by molar-refractivity contribution is -0.125. The molecule has 0 aromatic heterocycles. The SMILES string of the molecule is O=C(CCC(=O)Nc1ccccc1)NNC(=S)NC(=O)COc1ccc(Br)cc1Cl. The molecule has 0 spiro atoms. The zero-order valence-electron chi connectivity index (χ0n) is 15.5. The number of hydrogen-bond acceptors (Lipinski definition) is 5. The van der Waals surface area contributed by atoms with Crippen molar-refractivity contribution in [3.63, 3.8) is 0 Å². The number of ether oxygens (including phenoxy) is 1. The third kappa shape index (κ3) is 8.76. The van der Waals surface area contributed by atoms with Crippen molar-refractivity contribution in [3.05, 3.63) is 58.0 Å². The normalized spacial score (nSPS) is 9.93. The maximum atomic E-state index is 11.9. The molecule has 0 aliphatic carbocycles. The van der Waals surface area contributed by atoms with Gasteiger partial charge in [-0.05, 0) is 42.5 Å². The standard InChI is InChI=1S/C19H18BrClN4O4S/c20-12-6-7-15(14(21)10-12)29-11-18(28)23-19(30)25-24-17(27)9-8-16(26)22-13-4-2-1-3-5-13/h1-7,10H,8-9,11H2,(H,22,26)(H,24,27)(H2,23,25,28,30). The van der Waals surface area contributed by atoms with Gasteiger partial charge < -0.3 is 10.1 Å². The van der Waals surface area contributed by atoms with Crippen LogP contribution in [0.3, 0.4) is 0 Å². The summed E-state index contributed by atoms with van der Waals surface area (Å²) in [5.41, 5.74) is 5.34. The highest BCUT2D eigenvalue weighted by Crippen LogP contribution is 2.27. The molecule has 0 fully saturated rings. The second kappa shape index (κ2) is 12.1. The van der Waals surface area contributed by atoms with E-state index in [0.717, 1.165) is 4.47 Å². The fourth-order valence-corrected chi connectivity index (χ4v) is 2.98. The Kier molecular flexibility index (Phi) is 9.52. The van der Waals surface area contributed by atoms with E-state index >= 15 is 0 Å². The summed E-state index contributed by atoms with van der Waals surface area (Å²) in [4.78, 5) is 35.5. The van der Waals surface area contributed by atoms with Crippen LogP contribution in [0.4, 0.5) is 5.69 Å². The Morgan fingerprint density at radius 3 is 2.37 bits per heavy atom. The van der Waals surface area contributed by atoms with Crippen molar-refractivity contribution >= 4 is 68.3 Å². The van der Waals surface area contributed by atoms with Crippen LogP contribution in [0.1, 0.15) is 12.8 Å². The van der Waals surface area contributed by atoms with Crippen molar-refractivity contribution in [2.45, 2.75) is 12.8 Å². The molecule has 0 aliphatic rings. The van der Waals surface area contributed by atoms with Crippen molar-refractivity contribution in [3.8, 4) is 5.75 Å². The molecular formula is C19H18BrClN4O4S. The highest BCUT2D eigenvalue weighted by atomic mass is 79.9. The smallest absolute Gasteiger partial charge is 0.264 e. The maximum absolute atomic E-state index is 11.9. The molecule has 2 aromatic carbocycles. The van der Waals surface area contributed by atoms with Gasteiger partial charge in [-0.1, -0.05) is 45.7 Å². The first kappa shape index (κ1) is 23.6. The maximum Gasteiger partial charge on any atom is 0.264 e. The second-order valence-electron chi connectivity index (χ2n) is 5.83. The molecule has 11 heteroatoms. The molecule has 4 N–H and O–H groups in total. The van der Waals surface area contributed by atoms with E-state index in [1.54, 1.807) is 42.5 Å². The number of amides is 3. The number of benzene rings is 2. The monoisotopic (exact) mass is 512 g/mol. The molecule has 0 heterocycles. The third-order valence-corrected chi connectivity index (χ3v) is 4.45. The largest absolute Gasteiger partial charge is 0.482 e. The number of thiocarbonyl (C=S) groups is 1. The molecule has 0 saturated heterocycles. The molecule has 3 amide bonds. The van der Waals surface area contributed by atoms with Crippen LogP contribution >= 0.6 is 39.7 Å². The zero-order chi connectivity index (χ0) is 21.9. The number of carbonyl (C=O) groups is 3. The van der Waals surface area contributed by atoms with Gasteiger partial charge in [-0.15, -0.1) is 0 Å². The molecule has 2 aromatic rings. The van der Waals surface area contributed by atoms with Crippen LogP contribution in [0, 0.1) is 0 Å². The summed E-state index contributed by atoms with van der Waals surface area (Å²) < 4.78 is 6.09. The molecule has 0 saturated carbocycles. The van der Waals surface area contributed by atoms with Gasteiger partial charge in [-0.3, -0.25) is 30.6 Å². The third-order valence-electron chi connectivity index (χ3n) is 3.46. The van der Waals surface area contributed by atoms with Gasteiger partial charge in [0.25, 0.3) is 5.91 Å². The van der Waals surface area contributed by atoms with Gasteiger partial charge in [-0.2, -0.15) is 0 Å². The Balaban J connectivity index is 1.62. The van der Waals surface area contributed by atoms with Gasteiger partial charge in [-0.25, -0.2) is 0 Å². The lowest BCUT2D eigenvalue weighted by Crippen LogP contribution is -2.49. The van der Waals surface area contributed by atoms with Crippen LogP contribution in [0.2, 0.25) is 5.02 Å². The molecule has 30 heavy (non-hydrogen) atoms. The van der Waals surface area contributed by atoms with E-state index < -0.39 is 11.8 Å². The number of nitrogens with one attached hydrogen (secondary N) is 4. The minimum Gasteiger partial charge on any atom is -0.482 e. The molecule has 158 valence electrons. The summed E-state index contributed by atoms with van der Waals surface area (Å²) in [6.45, 7) is -0.323. The highest BCUT2D eigenvalue weighted by molar-refractivity contribution is 9.10. The van der Waals surface area contributed by atoms with Gasteiger partial charge >= 0.3 is 0 Å². The Labute approximate surface area is 191 Å². The van der Waals surface area contributed by atoms with Gasteiger partial charge in [0.2, 0.25) is 11.8 Å².